The predicted molar refractivity (Wildman–Crippen MR) is 134 cm³/mol. The Morgan fingerprint density at radius 2 is 1.56 bits per heavy atom. The van der Waals surface area contributed by atoms with Crippen LogP contribution in [-0.2, 0) is 33.2 Å². The van der Waals surface area contributed by atoms with Crippen molar-refractivity contribution in [2.45, 2.75) is 145 Å². The summed E-state index contributed by atoms with van der Waals surface area (Å²) in [6.07, 6.45) is -7.75. The Bertz CT molecular complexity index is 784. The zero-order chi connectivity index (χ0) is 28.3. The van der Waals surface area contributed by atoms with Gasteiger partial charge in [-0.05, 0) is 45.4 Å². The fourth-order valence-electron chi connectivity index (χ4n) is 6.02. The lowest BCUT2D eigenvalue weighted by Crippen LogP contribution is -2.63. The Balaban J connectivity index is 1.54. The molecule has 226 valence electrons. The Morgan fingerprint density at radius 1 is 0.795 bits per heavy atom. The number of aliphatic hydroxyl groups is 5. The molecule has 0 spiro atoms. The van der Waals surface area contributed by atoms with Gasteiger partial charge >= 0.3 is 0 Å². The lowest BCUT2D eigenvalue weighted by molar-refractivity contribution is -0.352. The van der Waals surface area contributed by atoms with Crippen LogP contribution in [-0.4, -0.2) is 124 Å². The molecule has 0 aromatic carbocycles. The van der Waals surface area contributed by atoms with E-state index in [1.54, 1.807) is 6.92 Å². The molecule has 1 saturated carbocycles. The highest BCUT2D eigenvalue weighted by atomic mass is 16.7. The van der Waals surface area contributed by atoms with Crippen LogP contribution in [0.1, 0.15) is 65.7 Å². The number of carbonyl (C=O) groups excluding carboxylic acids is 1. The Morgan fingerprint density at radius 3 is 2.28 bits per heavy atom. The summed E-state index contributed by atoms with van der Waals surface area (Å²) < 4.78 is 36.6. The molecule has 1 aliphatic carbocycles. The fraction of sp³-hybridized carbons (Fsp3) is 0.963. The van der Waals surface area contributed by atoms with Gasteiger partial charge in [-0.2, -0.15) is 0 Å². The van der Waals surface area contributed by atoms with Crippen molar-refractivity contribution in [3.05, 3.63) is 0 Å². The second-order valence-electron chi connectivity index (χ2n) is 11.5. The van der Waals surface area contributed by atoms with Gasteiger partial charge in [0.1, 0.15) is 48.8 Å². The number of Topliss-reactive ketones (excluding diaryl/α,β-unsaturated/α-hetero) is 1. The SMILES string of the molecule is CC(=O)C1CCCCCOC2C(OC3CCCC(C)C3OC3OC(C)C(O)C(O)C3O)OC(CO)C(O)C2O1. The van der Waals surface area contributed by atoms with Crippen LogP contribution < -0.4 is 0 Å². The number of fused-ring (bicyclic) bond motifs is 1. The number of ether oxygens (including phenoxy) is 6. The van der Waals surface area contributed by atoms with Crippen molar-refractivity contribution >= 4 is 5.78 Å². The van der Waals surface area contributed by atoms with Crippen LogP contribution in [0.2, 0.25) is 0 Å². The zero-order valence-electron chi connectivity index (χ0n) is 23.0. The summed E-state index contributed by atoms with van der Waals surface area (Å²) in [7, 11) is 0. The first kappa shape index (κ1) is 31.2. The highest BCUT2D eigenvalue weighted by Crippen LogP contribution is 2.36. The number of ketones is 1. The molecule has 0 aromatic rings. The normalized spacial score (nSPS) is 48.2. The summed E-state index contributed by atoms with van der Waals surface area (Å²) in [5, 5.41) is 51.8. The quantitative estimate of drug-likeness (QED) is 0.289. The van der Waals surface area contributed by atoms with Gasteiger partial charge in [-0.3, -0.25) is 4.79 Å². The van der Waals surface area contributed by atoms with Crippen LogP contribution in [0.5, 0.6) is 0 Å². The lowest BCUT2D eigenvalue weighted by Gasteiger charge is -2.48. The molecule has 0 bridgehead atoms. The molecule has 14 atom stereocenters. The van der Waals surface area contributed by atoms with E-state index in [9.17, 15) is 30.3 Å². The van der Waals surface area contributed by atoms with E-state index >= 15 is 0 Å². The Kier molecular flexibility index (Phi) is 11.1. The van der Waals surface area contributed by atoms with Crippen LogP contribution in [0.3, 0.4) is 0 Å². The summed E-state index contributed by atoms with van der Waals surface area (Å²) in [5.74, 6) is -0.144. The molecule has 3 heterocycles. The summed E-state index contributed by atoms with van der Waals surface area (Å²) in [6.45, 7) is 4.94. The average Bonchev–Trinajstić information content (AvgIpc) is 2.91. The van der Waals surface area contributed by atoms with Crippen LogP contribution >= 0.6 is 0 Å². The maximum absolute atomic E-state index is 12.3. The molecule has 3 saturated heterocycles. The smallest absolute Gasteiger partial charge is 0.187 e. The second kappa shape index (κ2) is 13.9. The van der Waals surface area contributed by atoms with E-state index in [-0.39, 0.29) is 11.7 Å². The van der Waals surface area contributed by atoms with E-state index in [4.69, 9.17) is 28.4 Å². The third kappa shape index (κ3) is 7.18. The molecule has 0 radical (unpaired) electrons. The molecule has 3 aliphatic heterocycles. The lowest BCUT2D eigenvalue weighted by atomic mass is 9.85. The minimum absolute atomic E-state index is 0.000716. The van der Waals surface area contributed by atoms with Crippen LogP contribution in [0.4, 0.5) is 0 Å². The highest BCUT2D eigenvalue weighted by Gasteiger charge is 2.51. The van der Waals surface area contributed by atoms with E-state index in [2.05, 4.69) is 0 Å². The second-order valence-corrected chi connectivity index (χ2v) is 11.5. The van der Waals surface area contributed by atoms with Crippen LogP contribution in [0, 0.1) is 5.92 Å². The van der Waals surface area contributed by atoms with Crippen molar-refractivity contribution in [2.75, 3.05) is 13.2 Å². The van der Waals surface area contributed by atoms with Crippen LogP contribution in [0.15, 0.2) is 0 Å². The minimum atomic E-state index is -1.45. The molecule has 39 heavy (non-hydrogen) atoms. The molecular weight excluding hydrogens is 516 g/mol. The van der Waals surface area contributed by atoms with Crippen molar-refractivity contribution in [2.24, 2.45) is 5.92 Å². The van der Waals surface area contributed by atoms with E-state index < -0.39 is 86.3 Å². The molecule has 0 aromatic heterocycles. The average molecular weight is 563 g/mol. The van der Waals surface area contributed by atoms with Crippen molar-refractivity contribution in [1.29, 1.82) is 0 Å². The van der Waals surface area contributed by atoms with Gasteiger partial charge in [0.05, 0.1) is 24.9 Å². The van der Waals surface area contributed by atoms with Crippen LogP contribution in [0.25, 0.3) is 0 Å². The monoisotopic (exact) mass is 562 g/mol. The van der Waals surface area contributed by atoms with Gasteiger partial charge < -0.3 is 54.0 Å². The standard InChI is InChI=1S/C27H46O12/c1-13-8-7-10-17(23(13)39-26-22(33)21(32)19(30)15(3)35-26)37-27-25-24(20(31)18(12-28)38-27)36-16(14(2)29)9-5-4-6-11-34-25/h13,15-28,30-33H,4-12H2,1-3H3. The number of hydrogen-bond acceptors (Lipinski definition) is 12. The van der Waals surface area contributed by atoms with E-state index in [1.807, 2.05) is 6.92 Å². The van der Waals surface area contributed by atoms with Gasteiger partial charge in [-0.1, -0.05) is 26.2 Å². The van der Waals surface area contributed by atoms with Gasteiger partial charge in [0.15, 0.2) is 18.4 Å². The molecule has 12 heteroatoms. The maximum atomic E-state index is 12.3. The van der Waals surface area contributed by atoms with Crippen molar-refractivity contribution in [3.8, 4) is 0 Å². The van der Waals surface area contributed by atoms with Gasteiger partial charge in [-0.25, -0.2) is 0 Å². The van der Waals surface area contributed by atoms with Gasteiger partial charge in [0, 0.05) is 6.61 Å². The third-order valence-electron chi connectivity index (χ3n) is 8.48. The van der Waals surface area contributed by atoms with Gasteiger partial charge in [0.25, 0.3) is 0 Å². The van der Waals surface area contributed by atoms with E-state index in [0.29, 0.717) is 19.4 Å². The largest absolute Gasteiger partial charge is 0.394 e. The molecule has 5 N–H and O–H groups in total. The van der Waals surface area contributed by atoms with Crippen molar-refractivity contribution in [1.82, 2.24) is 0 Å². The Labute approximate surface area is 229 Å². The van der Waals surface area contributed by atoms with Crippen molar-refractivity contribution < 1.29 is 58.7 Å². The summed E-state index contributed by atoms with van der Waals surface area (Å²) in [6, 6.07) is 0. The molecule has 4 aliphatic rings. The topological polar surface area (TPSA) is 174 Å². The van der Waals surface area contributed by atoms with Crippen molar-refractivity contribution in [3.63, 3.8) is 0 Å². The number of aliphatic hydroxyl groups excluding tert-OH is 5. The number of carbonyl (C=O) groups is 1. The van der Waals surface area contributed by atoms with Gasteiger partial charge in [0.2, 0.25) is 0 Å². The molecule has 0 amide bonds. The fourth-order valence-corrected chi connectivity index (χ4v) is 6.02. The number of rotatable bonds is 6. The Hall–Kier alpha value is -0.770. The van der Waals surface area contributed by atoms with E-state index in [0.717, 1.165) is 32.1 Å². The summed E-state index contributed by atoms with van der Waals surface area (Å²) in [4.78, 5) is 12.3. The molecule has 14 unspecified atom stereocenters. The van der Waals surface area contributed by atoms with E-state index in [1.165, 1.54) is 6.92 Å². The molecular formula is C27H46O12. The minimum Gasteiger partial charge on any atom is -0.394 e. The number of hydrogen-bond donors (Lipinski definition) is 5. The first-order chi connectivity index (χ1) is 18.6. The highest BCUT2D eigenvalue weighted by molar-refractivity contribution is 5.80. The maximum Gasteiger partial charge on any atom is 0.187 e. The predicted octanol–water partition coefficient (Wildman–Crippen LogP) is -0.216. The summed E-state index contributed by atoms with van der Waals surface area (Å²) in [5.41, 5.74) is 0. The first-order valence-electron chi connectivity index (χ1n) is 14.3. The van der Waals surface area contributed by atoms with Gasteiger partial charge in [-0.15, -0.1) is 0 Å². The molecule has 4 fully saturated rings. The molecule has 4 rings (SSSR count). The molecule has 12 nitrogen and oxygen atoms in total. The third-order valence-corrected chi connectivity index (χ3v) is 8.48. The summed E-state index contributed by atoms with van der Waals surface area (Å²) >= 11 is 0. The first-order valence-corrected chi connectivity index (χ1v) is 14.3. The zero-order valence-corrected chi connectivity index (χ0v) is 23.0.